The van der Waals surface area contributed by atoms with Crippen LogP contribution in [0.15, 0.2) is 146 Å². The van der Waals surface area contributed by atoms with Gasteiger partial charge in [0.2, 0.25) is 0 Å². The van der Waals surface area contributed by atoms with Gasteiger partial charge in [0.25, 0.3) is 0 Å². The number of aryl methyl sites for hydroxylation is 2. The fraction of sp³-hybridized carbons (Fsp3) is 0.0435. The second kappa shape index (κ2) is 9.82. The standard InChI is InChI=1S/C46H30N2S/c1-27-11-7-13-29(23-27)47-37-21-5-3-15-31(37)33-17-9-19-35-43(33)39(47)25-41-45(35)46-36-20-10-18-34-32-16-4-6-22-38(32)48(30-14-8-12-28(2)24-30)40(44(34)36)26-42(46)49-41/h3-26H,1-2H3. The zero-order chi connectivity index (χ0) is 32.4. The van der Waals surface area contributed by atoms with Crippen molar-refractivity contribution < 1.29 is 0 Å². The van der Waals surface area contributed by atoms with E-state index in [4.69, 9.17) is 0 Å². The number of hydrogen-bond donors (Lipinski definition) is 0. The van der Waals surface area contributed by atoms with Gasteiger partial charge in [-0.3, -0.25) is 0 Å². The summed E-state index contributed by atoms with van der Waals surface area (Å²) in [6, 6.07) is 54.3. The predicted octanol–water partition coefficient (Wildman–Crippen LogP) is 13.2. The lowest BCUT2D eigenvalue weighted by Gasteiger charge is -2.20. The first-order chi connectivity index (χ1) is 24.1. The van der Waals surface area contributed by atoms with E-state index >= 15 is 0 Å². The van der Waals surface area contributed by atoms with E-state index in [0.717, 1.165) is 0 Å². The molecule has 11 rings (SSSR count). The summed E-state index contributed by atoms with van der Waals surface area (Å²) in [5.41, 5.74) is 9.85. The molecule has 3 heterocycles. The van der Waals surface area contributed by atoms with Gasteiger partial charge in [0.1, 0.15) is 0 Å². The molecule has 0 aliphatic heterocycles. The maximum atomic E-state index is 2.48. The number of hydrogen-bond acceptors (Lipinski definition) is 1. The summed E-state index contributed by atoms with van der Waals surface area (Å²) in [5, 5.41) is 13.1. The number of pyridine rings is 2. The Morgan fingerprint density at radius 3 is 1.22 bits per heavy atom. The molecule has 49 heavy (non-hydrogen) atoms. The fourth-order valence-corrected chi connectivity index (χ4v) is 9.82. The quantitative estimate of drug-likeness (QED) is 0.131. The van der Waals surface area contributed by atoms with E-state index in [1.807, 2.05) is 11.3 Å². The van der Waals surface area contributed by atoms with Gasteiger partial charge in [-0.05, 0) is 95.1 Å². The molecule has 230 valence electrons. The van der Waals surface area contributed by atoms with Gasteiger partial charge in [-0.15, -0.1) is 11.3 Å². The number of benzene rings is 8. The first kappa shape index (κ1) is 27.1. The average Bonchev–Trinajstić information content (AvgIpc) is 3.51. The van der Waals surface area contributed by atoms with Crippen LogP contribution in [0.2, 0.25) is 0 Å². The number of aromatic nitrogens is 2. The van der Waals surface area contributed by atoms with E-state index in [0.29, 0.717) is 0 Å². The zero-order valence-electron chi connectivity index (χ0n) is 27.2. The van der Waals surface area contributed by atoms with Crippen LogP contribution < -0.4 is 0 Å². The van der Waals surface area contributed by atoms with Crippen molar-refractivity contribution in [3.05, 3.63) is 157 Å². The van der Waals surface area contributed by atoms with Crippen molar-refractivity contribution in [2.75, 3.05) is 0 Å². The molecule has 0 aliphatic rings. The highest BCUT2D eigenvalue weighted by molar-refractivity contribution is 7.26. The lowest BCUT2D eigenvalue weighted by atomic mass is 9.93. The molecule has 0 aliphatic carbocycles. The Labute approximate surface area is 286 Å². The zero-order valence-corrected chi connectivity index (χ0v) is 28.0. The minimum atomic E-state index is 1.19. The minimum absolute atomic E-state index is 1.19. The lowest BCUT2D eigenvalue weighted by Crippen LogP contribution is -2.02. The van der Waals surface area contributed by atoms with Gasteiger partial charge >= 0.3 is 0 Å². The van der Waals surface area contributed by atoms with Crippen LogP contribution in [-0.2, 0) is 0 Å². The molecule has 0 fully saturated rings. The maximum absolute atomic E-state index is 2.48. The molecule has 0 bridgehead atoms. The van der Waals surface area contributed by atoms with Crippen LogP contribution in [0.4, 0.5) is 0 Å². The Hall–Kier alpha value is -5.90. The maximum Gasteiger partial charge on any atom is 0.0561 e. The van der Waals surface area contributed by atoms with Crippen molar-refractivity contribution in [3.63, 3.8) is 0 Å². The van der Waals surface area contributed by atoms with Gasteiger partial charge in [-0.25, -0.2) is 0 Å². The second-order valence-corrected chi connectivity index (χ2v) is 14.6. The third kappa shape index (κ3) is 3.65. The van der Waals surface area contributed by atoms with Crippen molar-refractivity contribution in [2.45, 2.75) is 13.8 Å². The van der Waals surface area contributed by atoms with Crippen molar-refractivity contribution in [2.24, 2.45) is 0 Å². The highest BCUT2D eigenvalue weighted by Crippen LogP contribution is 2.49. The molecule has 0 N–H and O–H groups in total. The minimum Gasteiger partial charge on any atom is -0.309 e. The first-order valence-corrected chi connectivity index (χ1v) is 17.8. The van der Waals surface area contributed by atoms with Crippen LogP contribution >= 0.6 is 11.3 Å². The van der Waals surface area contributed by atoms with E-state index in [1.165, 1.54) is 108 Å². The summed E-state index contributed by atoms with van der Waals surface area (Å²) >= 11 is 1.92. The van der Waals surface area contributed by atoms with Gasteiger partial charge in [0.15, 0.2) is 0 Å². The van der Waals surface area contributed by atoms with Crippen LogP contribution in [0.5, 0.6) is 0 Å². The van der Waals surface area contributed by atoms with Gasteiger partial charge in [-0.1, -0.05) is 97.1 Å². The van der Waals surface area contributed by atoms with Gasteiger partial charge in [0.05, 0.1) is 22.1 Å². The van der Waals surface area contributed by atoms with Crippen LogP contribution in [0, 0.1) is 13.8 Å². The van der Waals surface area contributed by atoms with Gasteiger partial charge in [0, 0.05) is 53.1 Å². The third-order valence-corrected chi connectivity index (χ3v) is 11.6. The van der Waals surface area contributed by atoms with Crippen molar-refractivity contribution in [1.29, 1.82) is 0 Å². The lowest BCUT2D eigenvalue weighted by molar-refractivity contribution is 1.16. The van der Waals surface area contributed by atoms with Gasteiger partial charge < -0.3 is 9.13 Å². The van der Waals surface area contributed by atoms with Gasteiger partial charge in [-0.2, -0.15) is 0 Å². The molecular formula is C46H30N2S. The van der Waals surface area contributed by atoms with Crippen LogP contribution in [0.3, 0.4) is 0 Å². The van der Waals surface area contributed by atoms with E-state index < -0.39 is 0 Å². The Kier molecular flexibility index (Phi) is 5.43. The highest BCUT2D eigenvalue weighted by Gasteiger charge is 2.22. The number of para-hydroxylation sites is 2. The monoisotopic (exact) mass is 642 g/mol. The predicted molar refractivity (Wildman–Crippen MR) is 212 cm³/mol. The Balaban J connectivity index is 1.38. The molecule has 11 aromatic rings. The topological polar surface area (TPSA) is 9.86 Å². The summed E-state index contributed by atoms with van der Waals surface area (Å²) in [7, 11) is 0. The Morgan fingerprint density at radius 2 is 0.755 bits per heavy atom. The molecule has 8 aromatic carbocycles. The van der Waals surface area contributed by atoms with E-state index in [1.54, 1.807) is 0 Å². The molecule has 0 saturated heterocycles. The molecule has 3 aromatic heterocycles. The fourth-order valence-electron chi connectivity index (χ4n) is 8.62. The molecule has 3 heteroatoms. The van der Waals surface area contributed by atoms with Crippen molar-refractivity contribution in [1.82, 2.24) is 9.13 Å². The van der Waals surface area contributed by atoms with E-state index in [9.17, 15) is 0 Å². The van der Waals surface area contributed by atoms with E-state index in [-0.39, 0.29) is 0 Å². The summed E-state index contributed by atoms with van der Waals surface area (Å²) < 4.78 is 7.59. The smallest absolute Gasteiger partial charge is 0.0561 e. The summed E-state index contributed by atoms with van der Waals surface area (Å²) in [5.74, 6) is 0. The molecule has 0 radical (unpaired) electrons. The molecular weight excluding hydrogens is 613 g/mol. The molecule has 0 atom stereocenters. The molecule has 0 saturated carbocycles. The number of thiophene rings is 1. The third-order valence-electron chi connectivity index (χ3n) is 10.5. The molecule has 0 unspecified atom stereocenters. The Morgan fingerprint density at radius 1 is 0.347 bits per heavy atom. The van der Waals surface area contributed by atoms with Crippen LogP contribution in [0.25, 0.3) is 96.7 Å². The highest BCUT2D eigenvalue weighted by atomic mass is 32.1. The van der Waals surface area contributed by atoms with Crippen molar-refractivity contribution in [3.8, 4) is 11.4 Å². The first-order valence-electron chi connectivity index (χ1n) is 16.9. The summed E-state index contributed by atoms with van der Waals surface area (Å²) in [4.78, 5) is 0. The molecule has 0 amide bonds. The SMILES string of the molecule is Cc1cccc(-n2c3ccccc3c3cccc4c5c(cc2c34)sc2cc3c4c(cccc4c25)c2ccccc2n3-c2cccc(C)c2)c1. The second-order valence-electron chi connectivity index (χ2n) is 13.5. The van der Waals surface area contributed by atoms with Crippen LogP contribution in [0.1, 0.15) is 11.1 Å². The largest absolute Gasteiger partial charge is 0.309 e. The average molecular weight is 643 g/mol. The molecule has 2 nitrogen and oxygen atoms in total. The number of rotatable bonds is 2. The summed E-state index contributed by atoms with van der Waals surface area (Å²) in [6.07, 6.45) is 0. The van der Waals surface area contributed by atoms with Crippen LogP contribution in [-0.4, -0.2) is 9.13 Å². The summed E-state index contributed by atoms with van der Waals surface area (Å²) in [6.45, 7) is 4.36. The van der Waals surface area contributed by atoms with E-state index in [2.05, 4.69) is 169 Å². The molecule has 0 spiro atoms. The number of fused-ring (bicyclic) bond motifs is 9. The number of nitrogens with zero attached hydrogens (tertiary/aromatic N) is 2. The van der Waals surface area contributed by atoms with Crippen molar-refractivity contribution >= 4 is 96.7 Å². The Bertz CT molecular complexity index is 2970. The normalized spacial score (nSPS) is 12.3.